The second-order valence-corrected chi connectivity index (χ2v) is 6.58. The van der Waals surface area contributed by atoms with E-state index in [0.29, 0.717) is 11.6 Å². The zero-order chi connectivity index (χ0) is 19.4. The molecule has 2 N–H and O–H groups in total. The monoisotopic (exact) mass is 384 g/mol. The van der Waals surface area contributed by atoms with Gasteiger partial charge in [-0.3, -0.25) is 9.59 Å². The summed E-state index contributed by atoms with van der Waals surface area (Å²) in [5.74, 6) is -1.05. The molecular weight excluding hydrogens is 366 g/mol. The summed E-state index contributed by atoms with van der Waals surface area (Å²) in [6.07, 6.45) is 2.59. The summed E-state index contributed by atoms with van der Waals surface area (Å²) in [4.78, 5) is 25.0. The summed E-state index contributed by atoms with van der Waals surface area (Å²) in [7, 11) is 0. The summed E-state index contributed by atoms with van der Waals surface area (Å²) in [6.45, 7) is 2.34. The third kappa shape index (κ3) is 4.54. The average molecular weight is 385 g/mol. The van der Waals surface area contributed by atoms with Gasteiger partial charge >= 0.3 is 5.97 Å². The number of benzene rings is 2. The normalized spacial score (nSPS) is 10.6. The molecule has 0 atom stereocenters. The van der Waals surface area contributed by atoms with Gasteiger partial charge in [-0.1, -0.05) is 48.0 Å². The van der Waals surface area contributed by atoms with Crippen molar-refractivity contribution in [3.8, 4) is 0 Å². The Morgan fingerprint density at radius 2 is 1.93 bits per heavy atom. The minimum Gasteiger partial charge on any atom is -0.481 e. The zero-order valence-corrected chi connectivity index (χ0v) is 15.5. The molecule has 6 nitrogen and oxygen atoms in total. The van der Waals surface area contributed by atoms with Crippen molar-refractivity contribution in [2.24, 2.45) is 0 Å². The minimum absolute atomic E-state index is 0.222. The van der Waals surface area contributed by atoms with Crippen LogP contribution in [-0.4, -0.2) is 15.8 Å². The molecule has 1 heterocycles. The average Bonchev–Trinajstić information content (AvgIpc) is 2.63. The van der Waals surface area contributed by atoms with Gasteiger partial charge in [0.05, 0.1) is 12.6 Å². The lowest BCUT2D eigenvalue weighted by Crippen LogP contribution is -2.55. The predicted octanol–water partition coefficient (Wildman–Crippen LogP) is 2.65. The minimum atomic E-state index is -1.05. The highest BCUT2D eigenvalue weighted by Crippen LogP contribution is 2.22. The molecule has 0 aliphatic heterocycles. The van der Waals surface area contributed by atoms with Gasteiger partial charge in [0, 0.05) is 15.4 Å². The van der Waals surface area contributed by atoms with Gasteiger partial charge < -0.3 is 5.11 Å². The molecule has 1 aromatic heterocycles. The number of hydrogen-bond acceptors (Lipinski definition) is 3. The number of aliphatic carboxylic acids is 1. The van der Waals surface area contributed by atoms with Crippen LogP contribution >= 0.6 is 11.6 Å². The van der Waals surface area contributed by atoms with Gasteiger partial charge in [-0.15, -0.1) is 10.1 Å². The molecule has 27 heavy (non-hydrogen) atoms. The Labute approximate surface area is 161 Å². The van der Waals surface area contributed by atoms with Crippen molar-refractivity contribution in [1.29, 1.82) is 0 Å². The molecule has 0 saturated carbocycles. The Hall–Kier alpha value is -3.12. The molecule has 0 aliphatic rings. The van der Waals surface area contributed by atoms with E-state index in [1.54, 1.807) is 21.7 Å². The molecule has 0 radical (unpaired) electrons. The highest BCUT2D eigenvalue weighted by atomic mass is 35.5. The van der Waals surface area contributed by atoms with E-state index in [4.69, 9.17) is 16.7 Å². The Morgan fingerprint density at radius 3 is 2.63 bits per heavy atom. The highest BCUT2D eigenvalue weighted by molar-refractivity contribution is 6.31. The van der Waals surface area contributed by atoms with E-state index >= 15 is 0 Å². The molecular formula is C20H19ClN3O3+. The van der Waals surface area contributed by atoms with Crippen LogP contribution in [0.2, 0.25) is 5.02 Å². The van der Waals surface area contributed by atoms with E-state index in [2.05, 4.69) is 5.43 Å². The van der Waals surface area contributed by atoms with Crippen LogP contribution in [0, 0.1) is 6.92 Å². The van der Waals surface area contributed by atoms with Crippen LogP contribution in [0.4, 0.5) is 5.69 Å². The number of aromatic nitrogens is 2. The zero-order valence-electron chi connectivity index (χ0n) is 14.7. The van der Waals surface area contributed by atoms with Gasteiger partial charge in [0.1, 0.15) is 12.2 Å². The first kappa shape index (κ1) is 18.7. The maximum atomic E-state index is 12.4. The number of carboxylic acids is 1. The second kappa shape index (κ2) is 8.05. The van der Waals surface area contributed by atoms with Crippen LogP contribution < -0.4 is 15.6 Å². The van der Waals surface area contributed by atoms with Crippen molar-refractivity contribution >= 4 is 23.3 Å². The van der Waals surface area contributed by atoms with Gasteiger partial charge in [-0.25, -0.2) is 0 Å². The van der Waals surface area contributed by atoms with E-state index < -0.39 is 5.97 Å². The van der Waals surface area contributed by atoms with E-state index in [1.807, 2.05) is 49.4 Å². The largest absolute Gasteiger partial charge is 0.481 e. The molecule has 0 spiro atoms. The van der Waals surface area contributed by atoms with Crippen LogP contribution in [0.3, 0.4) is 0 Å². The molecule has 0 fully saturated rings. The highest BCUT2D eigenvalue weighted by Gasteiger charge is 2.17. The van der Waals surface area contributed by atoms with Gasteiger partial charge in [-0.05, 0) is 30.2 Å². The fourth-order valence-electron chi connectivity index (χ4n) is 2.71. The van der Waals surface area contributed by atoms with E-state index in [0.717, 1.165) is 16.8 Å². The first-order valence-electron chi connectivity index (χ1n) is 8.37. The molecule has 0 saturated heterocycles. The van der Waals surface area contributed by atoms with Crippen LogP contribution in [-0.2, 0) is 17.8 Å². The summed E-state index contributed by atoms with van der Waals surface area (Å²) in [5.41, 5.74) is 5.65. The number of hydrogen-bond donors (Lipinski definition) is 2. The predicted molar refractivity (Wildman–Crippen MR) is 103 cm³/mol. The molecule has 3 aromatic rings. The molecule has 0 bridgehead atoms. The number of anilines is 1. The standard InChI is InChI=1S/C20H18ClN3O3/c1-14-17(21)8-5-9-18(14)22-24-13-19(25)16(10-20(26)27)12-23(24)11-15-6-3-2-4-7-15/h2-9,12-13H,10-11H2,1H3,(H-,22,25,26,27)/p+1. The Balaban J connectivity index is 2.05. The van der Waals surface area contributed by atoms with Gasteiger partial charge in [0.2, 0.25) is 0 Å². The van der Waals surface area contributed by atoms with Crippen molar-refractivity contribution < 1.29 is 14.7 Å². The van der Waals surface area contributed by atoms with Crippen molar-refractivity contribution in [2.45, 2.75) is 19.9 Å². The van der Waals surface area contributed by atoms with Crippen LogP contribution in [0.25, 0.3) is 0 Å². The summed E-state index contributed by atoms with van der Waals surface area (Å²) in [6, 6.07) is 15.2. The maximum absolute atomic E-state index is 12.4. The van der Waals surface area contributed by atoms with E-state index in [9.17, 15) is 9.59 Å². The topological polar surface area (TPSA) is 75.2 Å². The SMILES string of the molecule is Cc1c(Cl)cccc1N[n+]1cc(=O)c(CC(=O)O)cn1Cc1ccccc1. The van der Waals surface area contributed by atoms with Crippen LogP contribution in [0.1, 0.15) is 16.7 Å². The first-order valence-corrected chi connectivity index (χ1v) is 8.75. The Kier molecular flexibility index (Phi) is 5.57. The number of halogens is 1. The molecule has 0 unspecified atom stereocenters. The van der Waals surface area contributed by atoms with Crippen molar-refractivity contribution in [1.82, 2.24) is 4.68 Å². The van der Waals surface area contributed by atoms with Crippen LogP contribution in [0.15, 0.2) is 65.7 Å². The summed E-state index contributed by atoms with van der Waals surface area (Å²) >= 11 is 6.18. The summed E-state index contributed by atoms with van der Waals surface area (Å²) < 4.78 is 1.76. The second-order valence-electron chi connectivity index (χ2n) is 6.17. The quantitative estimate of drug-likeness (QED) is 0.641. The van der Waals surface area contributed by atoms with E-state index in [-0.39, 0.29) is 17.4 Å². The lowest BCUT2D eigenvalue weighted by molar-refractivity contribution is -0.732. The van der Waals surface area contributed by atoms with Crippen molar-refractivity contribution in [3.63, 3.8) is 0 Å². The van der Waals surface area contributed by atoms with Gasteiger partial charge in [-0.2, -0.15) is 0 Å². The number of nitrogens with one attached hydrogen (secondary N) is 1. The van der Waals surface area contributed by atoms with Gasteiger partial charge in [0.15, 0.2) is 0 Å². The molecule has 3 rings (SSSR count). The molecule has 138 valence electrons. The fourth-order valence-corrected chi connectivity index (χ4v) is 2.88. The fraction of sp³-hybridized carbons (Fsp3) is 0.150. The molecule has 0 aliphatic carbocycles. The van der Waals surface area contributed by atoms with Crippen LogP contribution in [0.5, 0.6) is 0 Å². The lowest BCUT2D eigenvalue weighted by atomic mass is 10.2. The third-order valence-corrected chi connectivity index (χ3v) is 4.58. The number of nitrogens with zero attached hydrogens (tertiary/aromatic N) is 2. The summed E-state index contributed by atoms with van der Waals surface area (Å²) in [5, 5.41) is 9.67. The molecule has 7 heteroatoms. The smallest absolute Gasteiger partial charge is 0.308 e. The van der Waals surface area contributed by atoms with Crippen molar-refractivity contribution in [2.75, 3.05) is 5.43 Å². The number of carboxylic acid groups (broad SMARTS) is 1. The maximum Gasteiger partial charge on any atom is 0.308 e. The van der Waals surface area contributed by atoms with E-state index in [1.165, 1.54) is 6.20 Å². The first-order chi connectivity index (χ1) is 12.9. The Morgan fingerprint density at radius 1 is 1.19 bits per heavy atom. The Bertz CT molecular complexity index is 1030. The van der Waals surface area contributed by atoms with Crippen molar-refractivity contribution in [3.05, 3.63) is 92.9 Å². The lowest BCUT2D eigenvalue weighted by Gasteiger charge is -2.11. The number of carbonyl (C=O) groups is 1. The molecule has 2 aromatic carbocycles. The van der Waals surface area contributed by atoms with Gasteiger partial charge in [0.25, 0.3) is 11.6 Å². The third-order valence-electron chi connectivity index (χ3n) is 4.17. The number of rotatable bonds is 6. The molecule has 0 amide bonds.